The van der Waals surface area contributed by atoms with Crippen molar-refractivity contribution < 1.29 is 19.1 Å². The predicted octanol–water partition coefficient (Wildman–Crippen LogP) is 6.32. The van der Waals surface area contributed by atoms with Crippen LogP contribution in [-0.2, 0) is 16.0 Å². The standard InChI is InChI=1S/C25H28O4S/c1-6-14-30-20-13-9-12-19-21(20)23(29-25(27)16(4)5)18-11-8-7-10-17(18)22(19)28-24(26)15(2)3/h7-8,10-11,20H,2,4,6,9,12-14H2,1,3,5H3. The van der Waals surface area contributed by atoms with Crippen LogP contribution in [0.2, 0.25) is 0 Å². The molecule has 0 spiro atoms. The van der Waals surface area contributed by atoms with Crippen molar-refractivity contribution in [1.82, 2.24) is 0 Å². The van der Waals surface area contributed by atoms with Crippen molar-refractivity contribution in [1.29, 1.82) is 0 Å². The molecule has 4 nitrogen and oxygen atoms in total. The Bertz CT molecular complexity index is 1020. The second-order valence-electron chi connectivity index (χ2n) is 7.69. The molecule has 0 fully saturated rings. The van der Waals surface area contributed by atoms with E-state index in [4.69, 9.17) is 9.47 Å². The normalized spacial score (nSPS) is 15.4. The third-order valence-corrected chi connectivity index (χ3v) is 6.60. The summed E-state index contributed by atoms with van der Waals surface area (Å²) in [6.45, 7) is 12.9. The quantitative estimate of drug-likeness (QED) is 0.296. The Hall–Kier alpha value is -2.53. The van der Waals surface area contributed by atoms with Crippen LogP contribution in [0, 0.1) is 0 Å². The molecule has 158 valence electrons. The van der Waals surface area contributed by atoms with Crippen molar-refractivity contribution in [2.45, 2.75) is 51.7 Å². The van der Waals surface area contributed by atoms with Gasteiger partial charge in [0.25, 0.3) is 0 Å². The van der Waals surface area contributed by atoms with E-state index in [-0.39, 0.29) is 5.25 Å². The van der Waals surface area contributed by atoms with Crippen LogP contribution in [-0.4, -0.2) is 17.7 Å². The fourth-order valence-corrected chi connectivity index (χ4v) is 4.93. The Labute approximate surface area is 182 Å². The molecule has 5 heteroatoms. The van der Waals surface area contributed by atoms with Crippen molar-refractivity contribution in [3.63, 3.8) is 0 Å². The van der Waals surface area contributed by atoms with E-state index in [2.05, 4.69) is 20.1 Å². The summed E-state index contributed by atoms with van der Waals surface area (Å²) in [5.41, 5.74) is 2.61. The number of ether oxygens (including phenoxy) is 2. The molecule has 0 N–H and O–H groups in total. The number of fused-ring (bicyclic) bond motifs is 2. The maximum Gasteiger partial charge on any atom is 0.338 e. The molecule has 0 radical (unpaired) electrons. The minimum Gasteiger partial charge on any atom is -0.422 e. The first kappa shape index (κ1) is 22.2. The van der Waals surface area contributed by atoms with Gasteiger partial charge in [0.2, 0.25) is 0 Å². The van der Waals surface area contributed by atoms with Gasteiger partial charge in [-0.15, -0.1) is 0 Å². The smallest absolute Gasteiger partial charge is 0.338 e. The molecule has 0 saturated heterocycles. The lowest BCUT2D eigenvalue weighted by molar-refractivity contribution is -0.131. The van der Waals surface area contributed by atoms with Gasteiger partial charge in [-0.2, -0.15) is 11.8 Å². The van der Waals surface area contributed by atoms with Crippen LogP contribution in [0.15, 0.2) is 48.6 Å². The van der Waals surface area contributed by atoms with E-state index in [0.29, 0.717) is 22.6 Å². The molecular formula is C25H28O4S. The van der Waals surface area contributed by atoms with Gasteiger partial charge in [0, 0.05) is 38.3 Å². The van der Waals surface area contributed by atoms with Gasteiger partial charge < -0.3 is 9.47 Å². The SMILES string of the molecule is C=C(C)C(=O)Oc1c2c(c(OC(=O)C(=C)C)c3ccccc13)C(SCCC)CCC2. The van der Waals surface area contributed by atoms with Gasteiger partial charge >= 0.3 is 11.9 Å². The first-order valence-electron chi connectivity index (χ1n) is 10.3. The van der Waals surface area contributed by atoms with Crippen molar-refractivity contribution in [3.8, 4) is 11.5 Å². The monoisotopic (exact) mass is 424 g/mol. The summed E-state index contributed by atoms with van der Waals surface area (Å²) in [4.78, 5) is 24.9. The third-order valence-electron chi connectivity index (χ3n) is 5.08. The summed E-state index contributed by atoms with van der Waals surface area (Å²) in [6.07, 6.45) is 3.79. The summed E-state index contributed by atoms with van der Waals surface area (Å²) in [7, 11) is 0. The van der Waals surface area contributed by atoms with Crippen LogP contribution in [0.25, 0.3) is 10.8 Å². The van der Waals surface area contributed by atoms with Crippen LogP contribution >= 0.6 is 11.8 Å². The van der Waals surface area contributed by atoms with E-state index in [1.165, 1.54) is 0 Å². The number of benzene rings is 2. The fourth-order valence-electron chi connectivity index (χ4n) is 3.66. The molecule has 0 bridgehead atoms. The third kappa shape index (κ3) is 4.46. The van der Waals surface area contributed by atoms with Crippen LogP contribution in [0.3, 0.4) is 0 Å². The molecule has 0 heterocycles. The molecule has 3 rings (SSSR count). The fraction of sp³-hybridized carbons (Fsp3) is 0.360. The van der Waals surface area contributed by atoms with E-state index in [9.17, 15) is 9.59 Å². The summed E-state index contributed by atoms with van der Waals surface area (Å²) in [5, 5.41) is 1.70. The lowest BCUT2D eigenvalue weighted by Crippen LogP contribution is -2.18. The first-order valence-corrected chi connectivity index (χ1v) is 11.3. The number of carbonyl (C=O) groups is 2. The Kier molecular flexibility index (Phi) is 7.03. The Morgan fingerprint density at radius 2 is 1.60 bits per heavy atom. The number of esters is 2. The molecule has 1 aliphatic rings. The molecule has 2 aromatic rings. The number of rotatable bonds is 7. The molecule has 30 heavy (non-hydrogen) atoms. The van der Waals surface area contributed by atoms with E-state index >= 15 is 0 Å². The van der Waals surface area contributed by atoms with E-state index in [0.717, 1.165) is 53.3 Å². The van der Waals surface area contributed by atoms with Crippen molar-refractivity contribution >= 4 is 34.5 Å². The van der Waals surface area contributed by atoms with Crippen LogP contribution < -0.4 is 9.47 Å². The zero-order valence-corrected chi connectivity index (χ0v) is 18.7. The zero-order valence-electron chi connectivity index (χ0n) is 17.9. The molecule has 2 aromatic carbocycles. The molecule has 0 aliphatic heterocycles. The maximum atomic E-state index is 12.5. The lowest BCUT2D eigenvalue weighted by atomic mass is 9.86. The summed E-state index contributed by atoms with van der Waals surface area (Å²) < 4.78 is 11.7. The Morgan fingerprint density at radius 1 is 1.03 bits per heavy atom. The lowest BCUT2D eigenvalue weighted by Gasteiger charge is -2.30. The minimum absolute atomic E-state index is 0.175. The highest BCUT2D eigenvalue weighted by Gasteiger charge is 2.32. The van der Waals surface area contributed by atoms with Gasteiger partial charge in [0.05, 0.1) is 0 Å². The minimum atomic E-state index is -0.447. The number of hydrogen-bond donors (Lipinski definition) is 0. The number of carbonyl (C=O) groups excluding carboxylic acids is 2. The van der Waals surface area contributed by atoms with Gasteiger partial charge in [-0.3, -0.25) is 0 Å². The van der Waals surface area contributed by atoms with Crippen molar-refractivity contribution in [2.75, 3.05) is 5.75 Å². The summed E-state index contributed by atoms with van der Waals surface area (Å²) in [5.74, 6) is 1.24. The number of hydrogen-bond acceptors (Lipinski definition) is 5. The average molecular weight is 425 g/mol. The second kappa shape index (κ2) is 9.52. The molecule has 1 unspecified atom stereocenters. The Balaban J connectivity index is 2.29. The Morgan fingerprint density at radius 3 is 2.17 bits per heavy atom. The van der Waals surface area contributed by atoms with Crippen LogP contribution in [0.1, 0.15) is 56.4 Å². The van der Waals surface area contributed by atoms with Gasteiger partial charge in [-0.05, 0) is 45.3 Å². The van der Waals surface area contributed by atoms with Gasteiger partial charge in [0.1, 0.15) is 11.5 Å². The molecule has 0 saturated carbocycles. The zero-order chi connectivity index (χ0) is 21.8. The van der Waals surface area contributed by atoms with Gasteiger partial charge in [0.15, 0.2) is 0 Å². The maximum absolute atomic E-state index is 12.5. The highest BCUT2D eigenvalue weighted by Crippen LogP contribution is 2.52. The largest absolute Gasteiger partial charge is 0.422 e. The second-order valence-corrected chi connectivity index (χ2v) is 9.00. The van der Waals surface area contributed by atoms with Crippen LogP contribution in [0.5, 0.6) is 11.5 Å². The predicted molar refractivity (Wildman–Crippen MR) is 123 cm³/mol. The van der Waals surface area contributed by atoms with E-state index in [1.54, 1.807) is 13.8 Å². The molecule has 1 atom stereocenters. The van der Waals surface area contributed by atoms with Gasteiger partial charge in [-0.25, -0.2) is 9.59 Å². The highest BCUT2D eigenvalue weighted by atomic mass is 32.2. The highest BCUT2D eigenvalue weighted by molar-refractivity contribution is 7.99. The van der Waals surface area contributed by atoms with E-state index < -0.39 is 11.9 Å². The number of thioether (sulfide) groups is 1. The van der Waals surface area contributed by atoms with Gasteiger partial charge in [-0.1, -0.05) is 44.3 Å². The van der Waals surface area contributed by atoms with E-state index in [1.807, 2.05) is 36.0 Å². The van der Waals surface area contributed by atoms with Crippen LogP contribution in [0.4, 0.5) is 0 Å². The van der Waals surface area contributed by atoms with Crippen molar-refractivity contribution in [2.24, 2.45) is 0 Å². The molecule has 1 aliphatic carbocycles. The molecule has 0 amide bonds. The average Bonchev–Trinajstić information content (AvgIpc) is 2.73. The topological polar surface area (TPSA) is 52.6 Å². The first-order chi connectivity index (χ1) is 14.3. The summed E-state index contributed by atoms with van der Waals surface area (Å²) in [6, 6.07) is 7.60. The van der Waals surface area contributed by atoms with Crippen molar-refractivity contribution in [3.05, 3.63) is 59.7 Å². The summed E-state index contributed by atoms with van der Waals surface area (Å²) >= 11 is 1.86. The molecular weight excluding hydrogens is 396 g/mol. The molecule has 0 aromatic heterocycles.